The van der Waals surface area contributed by atoms with Crippen molar-refractivity contribution in [2.75, 3.05) is 44.3 Å². The minimum atomic E-state index is 0.504. The van der Waals surface area contributed by atoms with Crippen LogP contribution in [0.2, 0.25) is 10.0 Å². The van der Waals surface area contributed by atoms with E-state index in [1.165, 1.54) is 13.1 Å². The number of hydrogen-bond donors (Lipinski definition) is 0. The largest absolute Gasteiger partial charge is 0.378 e. The molecule has 102 valence electrons. The fourth-order valence-electron chi connectivity index (χ4n) is 3.38. The molecular formula is C14H16Cl2N2O. The molecule has 3 aliphatic rings. The van der Waals surface area contributed by atoms with Crippen molar-refractivity contribution in [1.82, 2.24) is 4.90 Å². The minimum Gasteiger partial charge on any atom is -0.378 e. The van der Waals surface area contributed by atoms with E-state index >= 15 is 0 Å². The van der Waals surface area contributed by atoms with E-state index < -0.39 is 0 Å². The Morgan fingerprint density at radius 2 is 1.63 bits per heavy atom. The maximum atomic E-state index is 6.05. The molecule has 0 aliphatic carbocycles. The number of benzene rings is 1. The average Bonchev–Trinajstić information content (AvgIpc) is 2.14. The molecular weight excluding hydrogens is 283 g/mol. The van der Waals surface area contributed by atoms with Crippen LogP contribution in [0.15, 0.2) is 18.2 Å². The lowest BCUT2D eigenvalue weighted by atomic mass is 9.71. The molecule has 1 aromatic rings. The summed E-state index contributed by atoms with van der Waals surface area (Å²) in [5.74, 6) is 0. The molecule has 3 aliphatic heterocycles. The van der Waals surface area contributed by atoms with Crippen LogP contribution in [0.5, 0.6) is 0 Å². The van der Waals surface area contributed by atoms with E-state index in [1.807, 2.05) is 12.1 Å². The van der Waals surface area contributed by atoms with Gasteiger partial charge in [-0.1, -0.05) is 23.2 Å². The van der Waals surface area contributed by atoms with Crippen molar-refractivity contribution >= 4 is 28.9 Å². The number of rotatable bonds is 2. The summed E-state index contributed by atoms with van der Waals surface area (Å²) in [7, 11) is 0. The van der Waals surface area contributed by atoms with Gasteiger partial charge in [0.2, 0.25) is 0 Å². The Morgan fingerprint density at radius 3 is 2.16 bits per heavy atom. The SMILES string of the molecule is Clc1cc(Cl)cc(N2CC3(C2)CN(C2COC2)C3)c1. The average molecular weight is 299 g/mol. The summed E-state index contributed by atoms with van der Waals surface area (Å²) in [5.41, 5.74) is 1.65. The van der Waals surface area contributed by atoms with Crippen molar-refractivity contribution in [1.29, 1.82) is 0 Å². The van der Waals surface area contributed by atoms with Gasteiger partial charge < -0.3 is 9.64 Å². The summed E-state index contributed by atoms with van der Waals surface area (Å²) in [6.07, 6.45) is 0. The van der Waals surface area contributed by atoms with Crippen LogP contribution in [0.3, 0.4) is 0 Å². The molecule has 0 saturated carbocycles. The lowest BCUT2D eigenvalue weighted by Gasteiger charge is -2.63. The van der Waals surface area contributed by atoms with Crippen molar-refractivity contribution in [3.63, 3.8) is 0 Å². The molecule has 0 amide bonds. The Labute approximate surface area is 123 Å². The van der Waals surface area contributed by atoms with E-state index in [9.17, 15) is 0 Å². The van der Waals surface area contributed by atoms with Gasteiger partial charge in [0.15, 0.2) is 0 Å². The highest BCUT2D eigenvalue weighted by atomic mass is 35.5. The van der Waals surface area contributed by atoms with Gasteiger partial charge in [-0.25, -0.2) is 0 Å². The van der Waals surface area contributed by atoms with E-state index in [0.717, 1.165) is 32.0 Å². The molecule has 0 radical (unpaired) electrons. The Balaban J connectivity index is 1.37. The zero-order chi connectivity index (χ0) is 13.0. The third kappa shape index (κ3) is 2.04. The van der Waals surface area contributed by atoms with Crippen LogP contribution >= 0.6 is 23.2 Å². The van der Waals surface area contributed by atoms with Crippen LogP contribution in [0.4, 0.5) is 5.69 Å². The molecule has 5 heteroatoms. The summed E-state index contributed by atoms with van der Waals surface area (Å²) in [6.45, 7) is 6.51. The van der Waals surface area contributed by atoms with Crippen molar-refractivity contribution in [2.24, 2.45) is 5.41 Å². The molecule has 3 nitrogen and oxygen atoms in total. The first-order chi connectivity index (χ1) is 9.13. The highest BCUT2D eigenvalue weighted by Crippen LogP contribution is 2.44. The number of ether oxygens (including phenoxy) is 1. The van der Waals surface area contributed by atoms with Crippen LogP contribution in [0.1, 0.15) is 0 Å². The number of anilines is 1. The summed E-state index contributed by atoms with van der Waals surface area (Å²) in [6, 6.07) is 6.46. The van der Waals surface area contributed by atoms with E-state index in [-0.39, 0.29) is 0 Å². The van der Waals surface area contributed by atoms with Crippen molar-refractivity contribution in [3.05, 3.63) is 28.2 Å². The van der Waals surface area contributed by atoms with Gasteiger partial charge >= 0.3 is 0 Å². The first-order valence-corrected chi connectivity index (χ1v) is 7.42. The number of halogens is 2. The molecule has 3 saturated heterocycles. The topological polar surface area (TPSA) is 15.7 Å². The summed E-state index contributed by atoms with van der Waals surface area (Å²) < 4.78 is 5.25. The van der Waals surface area contributed by atoms with Crippen molar-refractivity contribution in [3.8, 4) is 0 Å². The van der Waals surface area contributed by atoms with Gasteiger partial charge in [0, 0.05) is 47.3 Å². The number of nitrogens with zero attached hydrogens (tertiary/aromatic N) is 2. The molecule has 19 heavy (non-hydrogen) atoms. The molecule has 1 aromatic carbocycles. The summed E-state index contributed by atoms with van der Waals surface area (Å²) >= 11 is 12.1. The van der Waals surface area contributed by atoms with Gasteiger partial charge in [-0.3, -0.25) is 4.90 Å². The molecule has 1 spiro atoms. The summed E-state index contributed by atoms with van der Waals surface area (Å²) in [4.78, 5) is 4.91. The van der Waals surface area contributed by atoms with Gasteiger partial charge in [-0.05, 0) is 18.2 Å². The van der Waals surface area contributed by atoms with Crippen LogP contribution in [0.25, 0.3) is 0 Å². The lowest BCUT2D eigenvalue weighted by molar-refractivity contribution is -0.137. The van der Waals surface area contributed by atoms with Gasteiger partial charge in [0.1, 0.15) is 0 Å². The Kier molecular flexibility index (Phi) is 2.75. The molecule has 0 aromatic heterocycles. The number of hydrogen-bond acceptors (Lipinski definition) is 3. The minimum absolute atomic E-state index is 0.504. The fourth-order valence-corrected chi connectivity index (χ4v) is 3.89. The van der Waals surface area contributed by atoms with Gasteiger partial charge in [0.05, 0.1) is 19.3 Å². The normalized spacial score (nSPS) is 25.9. The monoisotopic (exact) mass is 298 g/mol. The zero-order valence-electron chi connectivity index (χ0n) is 10.6. The van der Waals surface area contributed by atoms with E-state index in [0.29, 0.717) is 21.5 Å². The second-order valence-corrected chi connectivity index (χ2v) is 6.95. The van der Waals surface area contributed by atoms with Crippen molar-refractivity contribution in [2.45, 2.75) is 6.04 Å². The third-order valence-corrected chi connectivity index (χ3v) is 4.92. The fraction of sp³-hybridized carbons (Fsp3) is 0.571. The maximum absolute atomic E-state index is 6.05. The van der Waals surface area contributed by atoms with Gasteiger partial charge in [-0.15, -0.1) is 0 Å². The van der Waals surface area contributed by atoms with Crippen LogP contribution < -0.4 is 4.90 Å². The molecule has 0 atom stereocenters. The lowest BCUT2D eigenvalue weighted by Crippen LogP contribution is -2.75. The first-order valence-electron chi connectivity index (χ1n) is 6.66. The summed E-state index contributed by atoms with van der Waals surface area (Å²) in [5, 5.41) is 1.43. The van der Waals surface area contributed by atoms with Gasteiger partial charge in [-0.2, -0.15) is 0 Å². The number of likely N-dealkylation sites (tertiary alicyclic amines) is 1. The first kappa shape index (κ1) is 12.3. The zero-order valence-corrected chi connectivity index (χ0v) is 12.1. The van der Waals surface area contributed by atoms with Crippen LogP contribution in [0, 0.1) is 5.41 Å². The van der Waals surface area contributed by atoms with Crippen LogP contribution in [-0.2, 0) is 4.74 Å². The standard InChI is InChI=1S/C14H16Cl2N2O/c15-10-1-11(16)3-12(2-10)17-6-14(7-17)8-18(9-14)13-4-19-5-13/h1-3,13H,4-9H2. The highest BCUT2D eigenvalue weighted by molar-refractivity contribution is 6.35. The predicted molar refractivity (Wildman–Crippen MR) is 77.3 cm³/mol. The molecule has 4 rings (SSSR count). The maximum Gasteiger partial charge on any atom is 0.0645 e. The molecule has 0 bridgehead atoms. The Bertz CT molecular complexity index is 484. The van der Waals surface area contributed by atoms with E-state index in [4.69, 9.17) is 27.9 Å². The molecule has 0 unspecified atom stereocenters. The second kappa shape index (κ2) is 4.26. The van der Waals surface area contributed by atoms with E-state index in [1.54, 1.807) is 6.07 Å². The van der Waals surface area contributed by atoms with Crippen molar-refractivity contribution < 1.29 is 4.74 Å². The Hall–Kier alpha value is -0.480. The smallest absolute Gasteiger partial charge is 0.0645 e. The quantitative estimate of drug-likeness (QED) is 0.834. The second-order valence-electron chi connectivity index (χ2n) is 6.08. The Morgan fingerprint density at radius 1 is 1.00 bits per heavy atom. The van der Waals surface area contributed by atoms with Crippen LogP contribution in [-0.4, -0.2) is 50.3 Å². The molecule has 3 heterocycles. The third-order valence-electron chi connectivity index (χ3n) is 4.48. The highest BCUT2D eigenvalue weighted by Gasteiger charge is 2.54. The van der Waals surface area contributed by atoms with Gasteiger partial charge in [0.25, 0.3) is 0 Å². The predicted octanol–water partition coefficient (Wildman–Crippen LogP) is 2.51. The molecule has 0 N–H and O–H groups in total. The van der Waals surface area contributed by atoms with E-state index in [2.05, 4.69) is 9.80 Å². The molecule has 3 fully saturated rings.